The van der Waals surface area contributed by atoms with Crippen LogP contribution < -0.4 is 5.32 Å². The van der Waals surface area contributed by atoms with Crippen molar-refractivity contribution in [1.82, 2.24) is 14.9 Å². The molecule has 0 aromatic carbocycles. The molecule has 1 N–H and O–H groups in total. The van der Waals surface area contributed by atoms with Crippen LogP contribution in [0.2, 0.25) is 0 Å². The Morgan fingerprint density at radius 1 is 1.26 bits per heavy atom. The lowest BCUT2D eigenvalue weighted by molar-refractivity contribution is 0.0772. The number of aromatic nitrogens is 2. The molecule has 5 heteroatoms. The zero-order valence-corrected chi connectivity index (χ0v) is 11.7. The highest BCUT2D eigenvalue weighted by Gasteiger charge is 2.17. The van der Waals surface area contributed by atoms with E-state index in [2.05, 4.69) is 15.3 Å². The predicted molar refractivity (Wildman–Crippen MR) is 75.2 cm³/mol. The van der Waals surface area contributed by atoms with Crippen molar-refractivity contribution in [2.75, 3.05) is 18.4 Å². The van der Waals surface area contributed by atoms with Gasteiger partial charge in [-0.3, -0.25) is 4.79 Å². The number of rotatable bonds is 5. The molecule has 0 radical (unpaired) electrons. The fourth-order valence-corrected chi connectivity index (χ4v) is 2.46. The molecule has 0 spiro atoms. The van der Waals surface area contributed by atoms with Crippen LogP contribution >= 0.6 is 0 Å². The number of anilines is 1. The molecule has 19 heavy (non-hydrogen) atoms. The third-order valence-electron chi connectivity index (χ3n) is 3.64. The van der Waals surface area contributed by atoms with E-state index in [4.69, 9.17) is 0 Å². The Balaban J connectivity index is 1.99. The number of carbonyl (C=O) groups is 1. The molecule has 1 aliphatic rings. The van der Waals surface area contributed by atoms with Gasteiger partial charge in [0.25, 0.3) is 5.91 Å². The summed E-state index contributed by atoms with van der Waals surface area (Å²) in [5.41, 5.74) is 0.556. The lowest BCUT2D eigenvalue weighted by Gasteiger charge is -2.18. The molecule has 1 amide bonds. The van der Waals surface area contributed by atoms with Gasteiger partial charge in [0.2, 0.25) is 5.95 Å². The van der Waals surface area contributed by atoms with Gasteiger partial charge in [-0.2, -0.15) is 0 Å². The summed E-state index contributed by atoms with van der Waals surface area (Å²) in [6, 6.07) is 0.490. The number of hydrogen-bond donors (Lipinski definition) is 1. The predicted octanol–water partition coefficient (Wildman–Crippen LogP) is 2.31. The van der Waals surface area contributed by atoms with E-state index in [1.54, 1.807) is 17.3 Å². The van der Waals surface area contributed by atoms with Crippen LogP contribution in [0.4, 0.5) is 5.95 Å². The van der Waals surface area contributed by atoms with Crippen molar-refractivity contribution in [2.45, 2.75) is 45.6 Å². The summed E-state index contributed by atoms with van der Waals surface area (Å²) in [6.07, 6.45) is 8.15. The molecule has 0 atom stereocenters. The topological polar surface area (TPSA) is 58.1 Å². The van der Waals surface area contributed by atoms with Crippen molar-refractivity contribution in [3.63, 3.8) is 0 Å². The highest BCUT2D eigenvalue weighted by atomic mass is 16.2. The fourth-order valence-electron chi connectivity index (χ4n) is 2.46. The average molecular weight is 262 g/mol. The Morgan fingerprint density at radius 2 is 1.84 bits per heavy atom. The van der Waals surface area contributed by atoms with Gasteiger partial charge in [0, 0.05) is 31.5 Å². The zero-order chi connectivity index (χ0) is 13.7. The molecule has 104 valence electrons. The molecule has 1 aliphatic carbocycles. The molecule has 1 heterocycles. The molecular formula is C14H22N4O. The van der Waals surface area contributed by atoms with Crippen LogP contribution in [0.3, 0.4) is 0 Å². The van der Waals surface area contributed by atoms with Crippen LogP contribution in [0, 0.1) is 0 Å². The molecule has 0 aliphatic heterocycles. The molecule has 1 aromatic heterocycles. The molecule has 0 saturated heterocycles. The highest BCUT2D eigenvalue weighted by Crippen LogP contribution is 2.20. The lowest BCUT2D eigenvalue weighted by atomic mass is 10.2. The van der Waals surface area contributed by atoms with Gasteiger partial charge in [-0.15, -0.1) is 0 Å². The summed E-state index contributed by atoms with van der Waals surface area (Å²) in [5, 5.41) is 3.32. The first-order chi connectivity index (χ1) is 9.24. The Labute approximate surface area is 114 Å². The van der Waals surface area contributed by atoms with Gasteiger partial charge in [0.15, 0.2) is 0 Å². The SMILES string of the molecule is CCN(CC)C(=O)c1cnc(NC2CCCC2)nc1. The quantitative estimate of drug-likeness (QED) is 0.884. The minimum absolute atomic E-state index is 0.00239. The van der Waals surface area contributed by atoms with Crippen molar-refractivity contribution in [3.05, 3.63) is 18.0 Å². The monoisotopic (exact) mass is 262 g/mol. The van der Waals surface area contributed by atoms with Crippen LogP contribution in [0.1, 0.15) is 49.9 Å². The van der Waals surface area contributed by atoms with E-state index in [1.807, 2.05) is 13.8 Å². The number of nitrogens with one attached hydrogen (secondary N) is 1. The Hall–Kier alpha value is -1.65. The van der Waals surface area contributed by atoms with E-state index >= 15 is 0 Å². The van der Waals surface area contributed by atoms with E-state index < -0.39 is 0 Å². The number of hydrogen-bond acceptors (Lipinski definition) is 4. The molecule has 0 bridgehead atoms. The van der Waals surface area contributed by atoms with Crippen molar-refractivity contribution < 1.29 is 4.79 Å². The van der Waals surface area contributed by atoms with E-state index in [9.17, 15) is 4.79 Å². The van der Waals surface area contributed by atoms with Crippen molar-refractivity contribution in [1.29, 1.82) is 0 Å². The largest absolute Gasteiger partial charge is 0.351 e. The highest BCUT2D eigenvalue weighted by molar-refractivity contribution is 5.93. The van der Waals surface area contributed by atoms with Crippen molar-refractivity contribution in [2.24, 2.45) is 0 Å². The summed E-state index contributed by atoms with van der Waals surface area (Å²) in [4.78, 5) is 22.3. The van der Waals surface area contributed by atoms with E-state index in [-0.39, 0.29) is 5.91 Å². The molecule has 1 aromatic rings. The molecule has 1 saturated carbocycles. The fraction of sp³-hybridized carbons (Fsp3) is 0.643. The first-order valence-electron chi connectivity index (χ1n) is 7.12. The van der Waals surface area contributed by atoms with E-state index in [1.165, 1.54) is 25.7 Å². The van der Waals surface area contributed by atoms with Crippen molar-refractivity contribution >= 4 is 11.9 Å². The summed E-state index contributed by atoms with van der Waals surface area (Å²) in [7, 11) is 0. The summed E-state index contributed by atoms with van der Waals surface area (Å²) in [5.74, 6) is 0.625. The van der Waals surface area contributed by atoms with Gasteiger partial charge in [0.1, 0.15) is 0 Å². The third-order valence-corrected chi connectivity index (χ3v) is 3.64. The number of nitrogens with zero attached hydrogens (tertiary/aromatic N) is 3. The van der Waals surface area contributed by atoms with Gasteiger partial charge in [-0.25, -0.2) is 9.97 Å². The van der Waals surface area contributed by atoms with Gasteiger partial charge >= 0.3 is 0 Å². The maximum atomic E-state index is 12.1. The summed E-state index contributed by atoms with van der Waals surface area (Å²) < 4.78 is 0. The molecule has 1 fully saturated rings. The van der Waals surface area contributed by atoms with E-state index in [0.717, 1.165) is 0 Å². The van der Waals surface area contributed by atoms with Crippen LogP contribution in [0.15, 0.2) is 12.4 Å². The van der Waals surface area contributed by atoms with Crippen LogP contribution in [-0.2, 0) is 0 Å². The van der Waals surface area contributed by atoms with Gasteiger partial charge < -0.3 is 10.2 Å². The maximum absolute atomic E-state index is 12.1. The van der Waals surface area contributed by atoms with Crippen LogP contribution in [0.25, 0.3) is 0 Å². The Kier molecular flexibility index (Phi) is 4.71. The van der Waals surface area contributed by atoms with Crippen LogP contribution in [0.5, 0.6) is 0 Å². The maximum Gasteiger partial charge on any atom is 0.256 e. The summed E-state index contributed by atoms with van der Waals surface area (Å²) >= 11 is 0. The van der Waals surface area contributed by atoms with Crippen molar-refractivity contribution in [3.8, 4) is 0 Å². The molecule has 5 nitrogen and oxygen atoms in total. The minimum Gasteiger partial charge on any atom is -0.351 e. The first kappa shape index (κ1) is 13.8. The second-order valence-electron chi connectivity index (χ2n) is 4.90. The normalized spacial score (nSPS) is 15.5. The molecule has 0 unspecified atom stereocenters. The molecule has 2 rings (SSSR count). The number of carbonyl (C=O) groups excluding carboxylic acids is 1. The first-order valence-corrected chi connectivity index (χ1v) is 7.12. The number of amides is 1. The summed E-state index contributed by atoms with van der Waals surface area (Å²) in [6.45, 7) is 5.35. The van der Waals surface area contributed by atoms with Gasteiger partial charge in [-0.05, 0) is 26.7 Å². The zero-order valence-electron chi connectivity index (χ0n) is 11.7. The lowest BCUT2D eigenvalue weighted by Crippen LogP contribution is -2.30. The van der Waals surface area contributed by atoms with Gasteiger partial charge in [0.05, 0.1) is 5.56 Å². The van der Waals surface area contributed by atoms with Crippen LogP contribution in [-0.4, -0.2) is 39.9 Å². The van der Waals surface area contributed by atoms with E-state index in [0.29, 0.717) is 30.6 Å². The second kappa shape index (κ2) is 6.50. The second-order valence-corrected chi connectivity index (χ2v) is 4.90. The Bertz CT molecular complexity index is 408. The smallest absolute Gasteiger partial charge is 0.256 e. The minimum atomic E-state index is -0.00239. The Morgan fingerprint density at radius 3 is 2.37 bits per heavy atom. The molecular weight excluding hydrogens is 240 g/mol. The third kappa shape index (κ3) is 3.43. The van der Waals surface area contributed by atoms with Gasteiger partial charge in [-0.1, -0.05) is 12.8 Å². The average Bonchev–Trinajstić information content (AvgIpc) is 2.94. The standard InChI is InChI=1S/C14H22N4O/c1-3-18(4-2)13(19)11-9-15-14(16-10-11)17-12-7-5-6-8-12/h9-10,12H,3-8H2,1-2H3,(H,15,16,17).